The Morgan fingerprint density at radius 2 is 1.94 bits per heavy atom. The Hall–Kier alpha value is -3.82. The zero-order valence-electron chi connectivity index (χ0n) is 18.8. The van der Waals surface area contributed by atoms with Gasteiger partial charge in [0.2, 0.25) is 0 Å². The number of halogens is 1. The number of para-hydroxylation sites is 1. The molecule has 0 fully saturated rings. The van der Waals surface area contributed by atoms with Gasteiger partial charge >= 0.3 is 0 Å². The number of hydrogen-bond donors (Lipinski definition) is 2. The Bertz CT molecular complexity index is 1380. The van der Waals surface area contributed by atoms with Crippen molar-refractivity contribution >= 4 is 38.8 Å². The molecule has 0 aliphatic heterocycles. The van der Waals surface area contributed by atoms with Crippen LogP contribution >= 0.6 is 15.9 Å². The molecule has 34 heavy (non-hydrogen) atoms. The van der Waals surface area contributed by atoms with Crippen LogP contribution in [-0.4, -0.2) is 17.4 Å². The van der Waals surface area contributed by atoms with Gasteiger partial charge in [-0.2, -0.15) is 5.26 Å². The fraction of sp³-hybridized carbons (Fsp3) is 0.143. The second-order valence-electron chi connectivity index (χ2n) is 8.00. The topological polar surface area (TPSA) is 77.9 Å². The third-order valence-electron chi connectivity index (χ3n) is 5.50. The van der Waals surface area contributed by atoms with E-state index in [9.17, 15) is 10.1 Å². The van der Waals surface area contributed by atoms with E-state index in [2.05, 4.69) is 44.4 Å². The molecule has 0 saturated heterocycles. The molecule has 0 saturated carbocycles. The second kappa shape index (κ2) is 10.9. The molecule has 4 aromatic rings. The molecule has 3 aromatic carbocycles. The van der Waals surface area contributed by atoms with Gasteiger partial charge in [0.1, 0.15) is 24.0 Å². The summed E-state index contributed by atoms with van der Waals surface area (Å²) in [5, 5.41) is 13.5. The summed E-state index contributed by atoms with van der Waals surface area (Å²) in [6, 6.07) is 23.7. The minimum atomic E-state index is -0.391. The fourth-order valence-corrected chi connectivity index (χ4v) is 4.14. The number of carbonyl (C=O) groups excluding carboxylic acids is 1. The number of nitrogens with one attached hydrogen (secondary N) is 2. The Morgan fingerprint density at radius 1 is 1.15 bits per heavy atom. The number of H-pyrrole nitrogens is 1. The number of nitriles is 1. The molecule has 0 aliphatic rings. The van der Waals surface area contributed by atoms with Crippen molar-refractivity contribution in [2.24, 2.45) is 0 Å². The molecule has 0 spiro atoms. The van der Waals surface area contributed by atoms with Crippen molar-refractivity contribution in [1.29, 1.82) is 5.26 Å². The van der Waals surface area contributed by atoms with E-state index in [1.54, 1.807) is 6.08 Å². The highest BCUT2D eigenvalue weighted by Gasteiger charge is 2.11. The standard InChI is InChI=1S/C28H24BrN3O2/c1-19-6-8-20(9-7-19)18-34-27-11-10-21(15-25(27)29)14-23(16-30)28(33)31-13-12-22-17-32-26-5-3-2-4-24(22)26/h2-11,14-15,17,32H,12-13,18H2,1H3,(H,31,33)/b23-14-. The van der Waals surface area contributed by atoms with E-state index in [-0.39, 0.29) is 5.57 Å². The van der Waals surface area contributed by atoms with Crippen molar-refractivity contribution in [3.05, 3.63) is 105 Å². The van der Waals surface area contributed by atoms with Crippen LogP contribution < -0.4 is 10.1 Å². The summed E-state index contributed by atoms with van der Waals surface area (Å²) in [5.74, 6) is 0.303. The number of ether oxygens (including phenoxy) is 1. The lowest BCUT2D eigenvalue weighted by Crippen LogP contribution is -2.26. The average molecular weight is 514 g/mol. The molecule has 0 atom stereocenters. The first-order chi connectivity index (χ1) is 16.5. The number of aryl methyl sites for hydroxylation is 1. The van der Waals surface area contributed by atoms with Gasteiger partial charge in [0.05, 0.1) is 4.47 Å². The summed E-state index contributed by atoms with van der Waals surface area (Å²) >= 11 is 3.52. The fourth-order valence-electron chi connectivity index (χ4n) is 3.63. The molecule has 6 heteroatoms. The molecule has 1 amide bonds. The molecule has 0 unspecified atom stereocenters. The normalized spacial score (nSPS) is 11.3. The molecule has 4 rings (SSSR count). The molecular weight excluding hydrogens is 490 g/mol. The van der Waals surface area contributed by atoms with Crippen molar-refractivity contribution in [3.8, 4) is 11.8 Å². The van der Waals surface area contributed by atoms with Crippen LogP contribution in [0.3, 0.4) is 0 Å². The van der Waals surface area contributed by atoms with E-state index in [1.165, 1.54) is 5.56 Å². The Morgan fingerprint density at radius 3 is 2.71 bits per heavy atom. The van der Waals surface area contributed by atoms with Crippen molar-refractivity contribution < 1.29 is 9.53 Å². The largest absolute Gasteiger partial charge is 0.488 e. The SMILES string of the molecule is Cc1ccc(COc2ccc(/C=C(/C#N)C(=O)NCCc3c[nH]c4ccccc34)cc2Br)cc1. The maximum atomic E-state index is 12.6. The molecule has 0 radical (unpaired) electrons. The summed E-state index contributed by atoms with van der Waals surface area (Å²) < 4.78 is 6.66. The lowest BCUT2D eigenvalue weighted by molar-refractivity contribution is -0.117. The van der Waals surface area contributed by atoms with Gasteiger partial charge in [0, 0.05) is 23.6 Å². The molecule has 0 aliphatic carbocycles. The zero-order chi connectivity index (χ0) is 23.9. The van der Waals surface area contributed by atoms with Crippen LogP contribution in [0.15, 0.2) is 83.0 Å². The number of aromatic nitrogens is 1. The first-order valence-corrected chi connectivity index (χ1v) is 11.8. The summed E-state index contributed by atoms with van der Waals surface area (Å²) in [6.07, 6.45) is 4.21. The highest BCUT2D eigenvalue weighted by Crippen LogP contribution is 2.28. The number of benzene rings is 3. The predicted molar refractivity (Wildman–Crippen MR) is 138 cm³/mol. The lowest BCUT2D eigenvalue weighted by atomic mass is 10.1. The van der Waals surface area contributed by atoms with Gasteiger partial charge in [0.25, 0.3) is 5.91 Å². The first kappa shape index (κ1) is 23.3. The van der Waals surface area contributed by atoms with Crippen molar-refractivity contribution in [3.63, 3.8) is 0 Å². The van der Waals surface area contributed by atoms with Crippen LogP contribution in [-0.2, 0) is 17.8 Å². The van der Waals surface area contributed by atoms with Crippen LogP contribution in [0.2, 0.25) is 0 Å². The monoisotopic (exact) mass is 513 g/mol. The summed E-state index contributed by atoms with van der Waals surface area (Å²) in [5.41, 5.74) is 5.27. The maximum absolute atomic E-state index is 12.6. The van der Waals surface area contributed by atoms with Gasteiger partial charge in [-0.1, -0.05) is 54.1 Å². The molecule has 1 aromatic heterocycles. The van der Waals surface area contributed by atoms with Gasteiger partial charge in [-0.15, -0.1) is 0 Å². The quantitative estimate of drug-likeness (QED) is 0.221. The van der Waals surface area contributed by atoms with Crippen LogP contribution in [0.4, 0.5) is 0 Å². The van der Waals surface area contributed by atoms with E-state index in [0.29, 0.717) is 25.3 Å². The summed E-state index contributed by atoms with van der Waals surface area (Å²) in [4.78, 5) is 15.8. The van der Waals surface area contributed by atoms with Crippen LogP contribution in [0, 0.1) is 18.3 Å². The number of aromatic amines is 1. The zero-order valence-corrected chi connectivity index (χ0v) is 20.4. The summed E-state index contributed by atoms with van der Waals surface area (Å²) in [6.45, 7) is 2.94. The molecule has 2 N–H and O–H groups in total. The molecule has 1 heterocycles. The van der Waals surface area contributed by atoms with Crippen LogP contribution in [0.25, 0.3) is 17.0 Å². The number of amides is 1. The minimum absolute atomic E-state index is 0.0548. The van der Waals surface area contributed by atoms with Gasteiger partial charge in [-0.05, 0) is 70.2 Å². The van der Waals surface area contributed by atoms with E-state index >= 15 is 0 Å². The minimum Gasteiger partial charge on any atom is -0.488 e. The van der Waals surface area contributed by atoms with E-state index in [1.807, 2.05) is 67.7 Å². The highest BCUT2D eigenvalue weighted by atomic mass is 79.9. The highest BCUT2D eigenvalue weighted by molar-refractivity contribution is 9.10. The number of nitrogens with zero attached hydrogens (tertiary/aromatic N) is 1. The number of rotatable bonds is 8. The van der Waals surface area contributed by atoms with Gasteiger partial charge in [0.15, 0.2) is 0 Å². The Kier molecular flexibility index (Phi) is 7.46. The molecule has 170 valence electrons. The maximum Gasteiger partial charge on any atom is 0.261 e. The predicted octanol–water partition coefficient (Wildman–Crippen LogP) is 6.08. The molecular formula is C28H24BrN3O2. The number of carbonyl (C=O) groups is 1. The third-order valence-corrected chi connectivity index (χ3v) is 6.12. The molecule has 0 bridgehead atoms. The van der Waals surface area contributed by atoms with Crippen molar-refractivity contribution in [1.82, 2.24) is 10.3 Å². The van der Waals surface area contributed by atoms with Gasteiger partial charge in [-0.25, -0.2) is 0 Å². The van der Waals surface area contributed by atoms with E-state index in [0.717, 1.165) is 32.1 Å². The first-order valence-electron chi connectivity index (χ1n) is 11.0. The van der Waals surface area contributed by atoms with Crippen molar-refractivity contribution in [2.75, 3.05) is 6.54 Å². The Balaban J connectivity index is 1.36. The van der Waals surface area contributed by atoms with Crippen molar-refractivity contribution in [2.45, 2.75) is 20.0 Å². The third kappa shape index (κ3) is 5.75. The van der Waals surface area contributed by atoms with Crippen LogP contribution in [0.5, 0.6) is 5.75 Å². The lowest BCUT2D eigenvalue weighted by Gasteiger charge is -2.09. The number of hydrogen-bond acceptors (Lipinski definition) is 3. The Labute approximate surface area is 207 Å². The van der Waals surface area contributed by atoms with E-state index < -0.39 is 5.91 Å². The van der Waals surface area contributed by atoms with E-state index in [4.69, 9.17) is 4.74 Å². The summed E-state index contributed by atoms with van der Waals surface area (Å²) in [7, 11) is 0. The molecule has 5 nitrogen and oxygen atoms in total. The second-order valence-corrected chi connectivity index (χ2v) is 8.85. The van der Waals surface area contributed by atoms with Gasteiger partial charge in [-0.3, -0.25) is 4.79 Å². The number of fused-ring (bicyclic) bond motifs is 1. The average Bonchev–Trinajstić information content (AvgIpc) is 3.26. The van der Waals surface area contributed by atoms with Crippen LogP contribution in [0.1, 0.15) is 22.3 Å². The smallest absolute Gasteiger partial charge is 0.261 e. The van der Waals surface area contributed by atoms with Gasteiger partial charge < -0.3 is 15.0 Å².